The lowest BCUT2D eigenvalue weighted by molar-refractivity contribution is 1.10. The maximum atomic E-state index is 6.15. The average Bonchev–Trinajstić information content (AvgIpc) is 3.52. The molecule has 0 saturated carbocycles. The standard InChI is InChI=1S/C23H15ClN2.C7H4BrClN2/c24-18-12-13-22-21(14-18)23(26-25-22)17-10-8-16(9-11-17)20-7-3-5-15-4-1-2-6-19(15)20;8-7-5-3-4(9)1-2-6(5)10-11-7/h1-14H,(H,25,26);1-3H,(H,10,11). The summed E-state index contributed by atoms with van der Waals surface area (Å²) in [6.45, 7) is 0. The van der Waals surface area contributed by atoms with E-state index in [-0.39, 0.29) is 0 Å². The fourth-order valence-electron chi connectivity index (χ4n) is 4.44. The van der Waals surface area contributed by atoms with Crippen molar-refractivity contribution in [3.63, 3.8) is 0 Å². The molecule has 2 aromatic heterocycles. The van der Waals surface area contributed by atoms with Gasteiger partial charge in [0.25, 0.3) is 0 Å². The number of hydrogen-bond donors (Lipinski definition) is 2. The monoisotopic (exact) mass is 584 g/mol. The third kappa shape index (κ3) is 4.74. The van der Waals surface area contributed by atoms with Crippen molar-refractivity contribution in [2.24, 2.45) is 0 Å². The number of hydrogen-bond acceptors (Lipinski definition) is 2. The molecule has 0 amide bonds. The van der Waals surface area contributed by atoms with Crippen molar-refractivity contribution in [2.45, 2.75) is 0 Å². The van der Waals surface area contributed by atoms with Crippen LogP contribution in [0, 0.1) is 0 Å². The molecule has 0 aliphatic carbocycles. The number of fused-ring (bicyclic) bond motifs is 3. The topological polar surface area (TPSA) is 57.4 Å². The van der Waals surface area contributed by atoms with Gasteiger partial charge in [-0.05, 0) is 74.2 Å². The predicted octanol–water partition coefficient (Wildman–Crippen LogP) is 9.68. The van der Waals surface area contributed by atoms with Gasteiger partial charge in [0.05, 0.1) is 16.7 Å². The number of aromatic nitrogens is 4. The summed E-state index contributed by atoms with van der Waals surface area (Å²) in [6.07, 6.45) is 0. The Kier molecular flexibility index (Phi) is 6.43. The predicted molar refractivity (Wildman–Crippen MR) is 158 cm³/mol. The highest BCUT2D eigenvalue weighted by Gasteiger charge is 2.10. The van der Waals surface area contributed by atoms with Crippen molar-refractivity contribution in [3.05, 3.63) is 118 Å². The third-order valence-corrected chi connectivity index (χ3v) is 7.33. The first-order valence-electron chi connectivity index (χ1n) is 11.6. The Morgan fingerprint density at radius 2 is 1.30 bits per heavy atom. The maximum absolute atomic E-state index is 6.15. The summed E-state index contributed by atoms with van der Waals surface area (Å²) in [4.78, 5) is 0. The molecule has 0 aliphatic heterocycles. The normalized spacial score (nSPS) is 11.1. The molecular weight excluding hydrogens is 567 g/mol. The lowest BCUT2D eigenvalue weighted by Crippen LogP contribution is -1.83. The molecular formula is C30H19BrCl2N4. The Balaban J connectivity index is 0.000000191. The van der Waals surface area contributed by atoms with E-state index in [9.17, 15) is 0 Å². The van der Waals surface area contributed by atoms with Gasteiger partial charge in [0, 0.05) is 26.4 Å². The Hall–Kier alpha value is -3.64. The van der Waals surface area contributed by atoms with Gasteiger partial charge in [0.1, 0.15) is 4.60 Å². The number of rotatable bonds is 2. The lowest BCUT2D eigenvalue weighted by Gasteiger charge is -2.08. The molecule has 7 heteroatoms. The molecule has 7 aromatic rings. The molecule has 0 bridgehead atoms. The Morgan fingerprint density at radius 3 is 2.14 bits per heavy atom. The first-order chi connectivity index (χ1) is 18.1. The molecule has 0 unspecified atom stereocenters. The maximum Gasteiger partial charge on any atom is 0.108 e. The molecule has 7 rings (SSSR count). The van der Waals surface area contributed by atoms with Crippen LogP contribution in [-0.4, -0.2) is 20.4 Å². The fraction of sp³-hybridized carbons (Fsp3) is 0. The summed E-state index contributed by atoms with van der Waals surface area (Å²) in [5.74, 6) is 0. The van der Waals surface area contributed by atoms with E-state index in [4.69, 9.17) is 23.2 Å². The quantitative estimate of drug-likeness (QED) is 0.212. The van der Waals surface area contributed by atoms with E-state index >= 15 is 0 Å². The van der Waals surface area contributed by atoms with Gasteiger partial charge in [0.2, 0.25) is 0 Å². The SMILES string of the molecule is Clc1ccc2[nH]nc(-c3ccc(-c4cccc5ccccc45)cc3)c2c1.Clc1ccc2n[nH]c(Br)c2c1. The first-order valence-corrected chi connectivity index (χ1v) is 13.1. The number of H-pyrrole nitrogens is 2. The van der Waals surface area contributed by atoms with Gasteiger partial charge < -0.3 is 0 Å². The molecule has 5 aromatic carbocycles. The van der Waals surface area contributed by atoms with Crippen LogP contribution >= 0.6 is 39.1 Å². The summed E-state index contributed by atoms with van der Waals surface area (Å²) in [6, 6.07) is 34.8. The summed E-state index contributed by atoms with van der Waals surface area (Å²) < 4.78 is 0.870. The molecule has 2 heterocycles. The van der Waals surface area contributed by atoms with Gasteiger partial charge in [-0.3, -0.25) is 10.2 Å². The Bertz CT molecular complexity index is 1870. The van der Waals surface area contributed by atoms with Crippen molar-refractivity contribution in [1.29, 1.82) is 0 Å². The van der Waals surface area contributed by atoms with Crippen LogP contribution in [0.5, 0.6) is 0 Å². The van der Waals surface area contributed by atoms with E-state index in [0.717, 1.165) is 42.7 Å². The van der Waals surface area contributed by atoms with E-state index in [1.54, 1.807) is 0 Å². The minimum Gasteiger partial charge on any atom is -0.277 e. The number of aromatic amines is 2. The zero-order chi connectivity index (χ0) is 25.4. The minimum atomic E-state index is 0.715. The smallest absolute Gasteiger partial charge is 0.108 e. The number of benzene rings is 5. The Morgan fingerprint density at radius 1 is 0.595 bits per heavy atom. The second-order valence-corrected chi connectivity index (χ2v) is 10.2. The van der Waals surface area contributed by atoms with Gasteiger partial charge in [-0.2, -0.15) is 10.2 Å². The van der Waals surface area contributed by atoms with E-state index in [0.29, 0.717) is 5.02 Å². The molecule has 37 heavy (non-hydrogen) atoms. The van der Waals surface area contributed by atoms with Gasteiger partial charge >= 0.3 is 0 Å². The lowest BCUT2D eigenvalue weighted by atomic mass is 9.97. The largest absolute Gasteiger partial charge is 0.277 e. The van der Waals surface area contributed by atoms with Crippen molar-refractivity contribution >= 4 is 71.7 Å². The number of halogens is 3. The Labute approximate surface area is 231 Å². The first kappa shape index (κ1) is 23.7. The van der Waals surface area contributed by atoms with Gasteiger partial charge in [0.15, 0.2) is 0 Å². The van der Waals surface area contributed by atoms with Crippen LogP contribution in [0.25, 0.3) is 55.0 Å². The minimum absolute atomic E-state index is 0.715. The van der Waals surface area contributed by atoms with E-state index in [2.05, 4.69) is 103 Å². The molecule has 0 fully saturated rings. The van der Waals surface area contributed by atoms with Crippen molar-refractivity contribution in [3.8, 4) is 22.4 Å². The van der Waals surface area contributed by atoms with Crippen LogP contribution in [0.15, 0.2) is 108 Å². The van der Waals surface area contributed by atoms with Crippen molar-refractivity contribution in [1.82, 2.24) is 20.4 Å². The molecule has 0 aliphatic rings. The highest BCUT2D eigenvalue weighted by atomic mass is 79.9. The highest BCUT2D eigenvalue weighted by Crippen LogP contribution is 2.32. The molecule has 0 atom stereocenters. The zero-order valence-corrected chi connectivity index (χ0v) is 22.4. The van der Waals surface area contributed by atoms with Crippen LogP contribution in [-0.2, 0) is 0 Å². The zero-order valence-electron chi connectivity index (χ0n) is 19.3. The molecule has 2 N–H and O–H groups in total. The van der Waals surface area contributed by atoms with Crippen molar-refractivity contribution in [2.75, 3.05) is 0 Å². The molecule has 4 nitrogen and oxygen atoms in total. The van der Waals surface area contributed by atoms with Crippen molar-refractivity contribution < 1.29 is 0 Å². The fourth-order valence-corrected chi connectivity index (χ4v) is 5.19. The summed E-state index contributed by atoms with van der Waals surface area (Å²) in [5, 5.41) is 20.4. The molecule has 0 radical (unpaired) electrons. The highest BCUT2D eigenvalue weighted by molar-refractivity contribution is 9.10. The average molecular weight is 586 g/mol. The van der Waals surface area contributed by atoms with Crippen LogP contribution < -0.4 is 0 Å². The summed E-state index contributed by atoms with van der Waals surface area (Å²) in [5.41, 5.74) is 6.34. The van der Waals surface area contributed by atoms with Crippen LogP contribution in [0.2, 0.25) is 10.0 Å². The number of nitrogens with zero attached hydrogens (tertiary/aromatic N) is 2. The second-order valence-electron chi connectivity index (χ2n) is 8.57. The third-order valence-electron chi connectivity index (χ3n) is 6.25. The molecule has 0 saturated heterocycles. The van der Waals surface area contributed by atoms with E-state index in [1.165, 1.54) is 21.9 Å². The van der Waals surface area contributed by atoms with Crippen LogP contribution in [0.4, 0.5) is 0 Å². The van der Waals surface area contributed by atoms with E-state index < -0.39 is 0 Å². The van der Waals surface area contributed by atoms with E-state index in [1.807, 2.05) is 36.4 Å². The second kappa shape index (κ2) is 10.0. The summed E-state index contributed by atoms with van der Waals surface area (Å²) in [7, 11) is 0. The van der Waals surface area contributed by atoms with Crippen LogP contribution in [0.1, 0.15) is 0 Å². The van der Waals surface area contributed by atoms with Crippen LogP contribution in [0.3, 0.4) is 0 Å². The van der Waals surface area contributed by atoms with Gasteiger partial charge in [-0.1, -0.05) is 89.9 Å². The van der Waals surface area contributed by atoms with Gasteiger partial charge in [-0.15, -0.1) is 0 Å². The number of nitrogens with one attached hydrogen (secondary N) is 2. The van der Waals surface area contributed by atoms with Gasteiger partial charge in [-0.25, -0.2) is 0 Å². The molecule has 0 spiro atoms. The molecule has 180 valence electrons. The summed E-state index contributed by atoms with van der Waals surface area (Å²) >= 11 is 15.3.